The largest absolute Gasteiger partial charge is 0.424 e. The lowest BCUT2D eigenvalue weighted by atomic mass is 10.3. The smallest absolute Gasteiger partial charge is 0.230 e. The second-order valence-corrected chi connectivity index (χ2v) is 4.25. The second kappa shape index (κ2) is 5.04. The molecule has 2 aromatic heterocycles. The van der Waals surface area contributed by atoms with Crippen LogP contribution in [0.5, 0.6) is 0 Å². The van der Waals surface area contributed by atoms with Gasteiger partial charge in [0.2, 0.25) is 11.8 Å². The number of nitrogens with zero attached hydrogens (tertiary/aromatic N) is 2. The number of aryl methyl sites for hydroxylation is 1. The van der Waals surface area contributed by atoms with Crippen LogP contribution in [-0.4, -0.2) is 16.7 Å². The van der Waals surface area contributed by atoms with E-state index in [4.69, 9.17) is 4.42 Å². The van der Waals surface area contributed by atoms with Gasteiger partial charge in [-0.25, -0.2) is 0 Å². The summed E-state index contributed by atoms with van der Waals surface area (Å²) >= 11 is 1.78. The number of hydrogen-bond donors (Lipinski definition) is 1. The first-order valence-corrected chi connectivity index (χ1v) is 5.74. The van der Waals surface area contributed by atoms with Crippen LogP contribution < -0.4 is 5.32 Å². The maximum Gasteiger partial charge on any atom is 0.230 e. The van der Waals surface area contributed by atoms with E-state index >= 15 is 0 Å². The summed E-state index contributed by atoms with van der Waals surface area (Å²) in [5.74, 6) is 1.27. The van der Waals surface area contributed by atoms with E-state index in [2.05, 4.69) is 33.0 Å². The molecule has 15 heavy (non-hydrogen) atoms. The van der Waals surface area contributed by atoms with Crippen LogP contribution >= 0.6 is 11.3 Å². The molecule has 2 aromatic rings. The van der Waals surface area contributed by atoms with E-state index in [0.717, 1.165) is 13.0 Å². The Labute approximate surface area is 92.3 Å². The second-order valence-electron chi connectivity index (χ2n) is 3.22. The summed E-state index contributed by atoms with van der Waals surface area (Å²) in [6.07, 6.45) is 1.05. The Morgan fingerprint density at radius 1 is 1.47 bits per heavy atom. The first kappa shape index (κ1) is 10.3. The zero-order valence-corrected chi connectivity index (χ0v) is 9.38. The summed E-state index contributed by atoms with van der Waals surface area (Å²) in [6.45, 7) is 3.37. The lowest BCUT2D eigenvalue weighted by Crippen LogP contribution is -2.16. The number of aromatic nitrogens is 2. The highest BCUT2D eigenvalue weighted by molar-refractivity contribution is 7.09. The van der Waals surface area contributed by atoms with Crippen LogP contribution in [0, 0.1) is 6.92 Å². The van der Waals surface area contributed by atoms with Gasteiger partial charge in [0.05, 0.1) is 6.54 Å². The Balaban J connectivity index is 1.67. The predicted octanol–water partition coefficient (Wildman–Crippen LogP) is 1.77. The highest BCUT2D eigenvalue weighted by Crippen LogP contribution is 2.08. The summed E-state index contributed by atoms with van der Waals surface area (Å²) in [6, 6.07) is 4.21. The van der Waals surface area contributed by atoms with Crippen molar-refractivity contribution < 1.29 is 4.42 Å². The zero-order valence-electron chi connectivity index (χ0n) is 8.56. The summed E-state index contributed by atoms with van der Waals surface area (Å²) in [5.41, 5.74) is 0. The maximum atomic E-state index is 5.24. The third kappa shape index (κ3) is 3.14. The molecule has 2 heterocycles. The van der Waals surface area contributed by atoms with Gasteiger partial charge in [0.15, 0.2) is 0 Å². The van der Waals surface area contributed by atoms with Crippen LogP contribution in [0.15, 0.2) is 21.9 Å². The minimum absolute atomic E-state index is 0.616. The fraction of sp³-hybridized carbons (Fsp3) is 0.400. The van der Waals surface area contributed by atoms with E-state index < -0.39 is 0 Å². The van der Waals surface area contributed by atoms with Crippen molar-refractivity contribution >= 4 is 11.3 Å². The molecule has 2 rings (SSSR count). The minimum atomic E-state index is 0.616. The summed E-state index contributed by atoms with van der Waals surface area (Å²) in [4.78, 5) is 1.39. The van der Waals surface area contributed by atoms with E-state index in [1.807, 2.05) is 0 Å². The standard InChI is InChI=1S/C10H13N3OS/c1-8-12-13-10(14-8)7-11-5-4-9-3-2-6-15-9/h2-3,6,11H,4-5,7H2,1H3. The van der Waals surface area contributed by atoms with Gasteiger partial charge in [-0.05, 0) is 17.9 Å². The predicted molar refractivity (Wildman–Crippen MR) is 58.8 cm³/mol. The Kier molecular flexibility index (Phi) is 3.47. The molecule has 0 aliphatic carbocycles. The minimum Gasteiger partial charge on any atom is -0.424 e. The molecule has 0 spiro atoms. The Morgan fingerprint density at radius 2 is 2.40 bits per heavy atom. The van der Waals surface area contributed by atoms with Crippen LogP contribution in [-0.2, 0) is 13.0 Å². The molecule has 5 heteroatoms. The lowest BCUT2D eigenvalue weighted by molar-refractivity contribution is 0.448. The van der Waals surface area contributed by atoms with Crippen molar-refractivity contribution in [3.63, 3.8) is 0 Å². The molecule has 0 radical (unpaired) electrons. The van der Waals surface area contributed by atoms with Crippen molar-refractivity contribution in [2.45, 2.75) is 19.9 Å². The van der Waals surface area contributed by atoms with Gasteiger partial charge in [-0.3, -0.25) is 0 Å². The molecule has 0 atom stereocenters. The van der Waals surface area contributed by atoms with Gasteiger partial charge in [-0.15, -0.1) is 21.5 Å². The highest BCUT2D eigenvalue weighted by atomic mass is 32.1. The zero-order chi connectivity index (χ0) is 10.5. The topological polar surface area (TPSA) is 51.0 Å². The molecule has 0 saturated heterocycles. The monoisotopic (exact) mass is 223 g/mol. The van der Waals surface area contributed by atoms with Crippen molar-refractivity contribution in [2.24, 2.45) is 0 Å². The van der Waals surface area contributed by atoms with Crippen LogP contribution in [0.3, 0.4) is 0 Å². The van der Waals surface area contributed by atoms with Gasteiger partial charge < -0.3 is 9.73 Å². The van der Waals surface area contributed by atoms with Gasteiger partial charge in [0, 0.05) is 18.3 Å². The molecule has 1 N–H and O–H groups in total. The fourth-order valence-corrected chi connectivity index (χ4v) is 1.98. The van der Waals surface area contributed by atoms with E-state index in [9.17, 15) is 0 Å². The van der Waals surface area contributed by atoms with Gasteiger partial charge in [-0.2, -0.15) is 0 Å². The SMILES string of the molecule is Cc1nnc(CNCCc2cccs2)o1. The molecule has 80 valence electrons. The van der Waals surface area contributed by atoms with Crippen molar-refractivity contribution in [1.29, 1.82) is 0 Å². The molecule has 0 aliphatic heterocycles. The van der Waals surface area contributed by atoms with Crippen LogP contribution in [0.2, 0.25) is 0 Å². The number of thiophene rings is 1. The van der Waals surface area contributed by atoms with E-state index in [-0.39, 0.29) is 0 Å². The molecule has 0 amide bonds. The molecular weight excluding hydrogens is 210 g/mol. The quantitative estimate of drug-likeness (QED) is 0.785. The fourth-order valence-electron chi connectivity index (χ4n) is 1.27. The van der Waals surface area contributed by atoms with Gasteiger partial charge >= 0.3 is 0 Å². The molecule has 4 nitrogen and oxygen atoms in total. The summed E-state index contributed by atoms with van der Waals surface area (Å²) in [7, 11) is 0. The Bertz CT molecular complexity index is 396. The normalized spacial score (nSPS) is 10.7. The summed E-state index contributed by atoms with van der Waals surface area (Å²) < 4.78 is 5.24. The lowest BCUT2D eigenvalue weighted by Gasteiger charge is -1.99. The molecule has 0 bridgehead atoms. The van der Waals surface area contributed by atoms with Crippen molar-refractivity contribution in [1.82, 2.24) is 15.5 Å². The molecule has 0 saturated carbocycles. The third-order valence-electron chi connectivity index (χ3n) is 1.97. The number of hydrogen-bond acceptors (Lipinski definition) is 5. The van der Waals surface area contributed by atoms with E-state index in [1.54, 1.807) is 18.3 Å². The average Bonchev–Trinajstić information content (AvgIpc) is 2.84. The molecule has 0 aromatic carbocycles. The summed E-state index contributed by atoms with van der Waals surface area (Å²) in [5, 5.41) is 13.0. The van der Waals surface area contributed by atoms with Gasteiger partial charge in [0.1, 0.15) is 0 Å². The third-order valence-corrected chi connectivity index (χ3v) is 2.91. The first-order chi connectivity index (χ1) is 7.34. The van der Waals surface area contributed by atoms with Crippen molar-refractivity contribution in [2.75, 3.05) is 6.54 Å². The van der Waals surface area contributed by atoms with Crippen molar-refractivity contribution in [3.8, 4) is 0 Å². The molecule has 0 fully saturated rings. The van der Waals surface area contributed by atoms with E-state index in [1.165, 1.54) is 4.88 Å². The Morgan fingerprint density at radius 3 is 3.07 bits per heavy atom. The molecular formula is C10H13N3OS. The molecule has 0 aliphatic rings. The number of rotatable bonds is 5. The van der Waals surface area contributed by atoms with Gasteiger partial charge in [0.25, 0.3) is 0 Å². The van der Waals surface area contributed by atoms with E-state index in [0.29, 0.717) is 18.3 Å². The average molecular weight is 223 g/mol. The van der Waals surface area contributed by atoms with Crippen LogP contribution in [0.1, 0.15) is 16.7 Å². The molecule has 0 unspecified atom stereocenters. The van der Waals surface area contributed by atoms with Gasteiger partial charge in [-0.1, -0.05) is 6.07 Å². The number of nitrogens with one attached hydrogen (secondary N) is 1. The maximum absolute atomic E-state index is 5.24. The van der Waals surface area contributed by atoms with Crippen LogP contribution in [0.4, 0.5) is 0 Å². The van der Waals surface area contributed by atoms with Crippen molar-refractivity contribution in [3.05, 3.63) is 34.2 Å². The first-order valence-electron chi connectivity index (χ1n) is 4.86. The Hall–Kier alpha value is -1.20. The van der Waals surface area contributed by atoms with Crippen LogP contribution in [0.25, 0.3) is 0 Å². The highest BCUT2D eigenvalue weighted by Gasteiger charge is 2.00.